The van der Waals surface area contributed by atoms with Crippen LogP contribution in [0.3, 0.4) is 0 Å². The molecule has 1 fully saturated rings. The lowest BCUT2D eigenvalue weighted by atomic mass is 10.3. The summed E-state index contributed by atoms with van der Waals surface area (Å²) in [6.07, 6.45) is 2.12. The second-order valence-electron chi connectivity index (χ2n) is 3.60. The third-order valence-electron chi connectivity index (χ3n) is 2.30. The second kappa shape index (κ2) is 2.94. The molecule has 0 spiro atoms. The van der Waals surface area contributed by atoms with E-state index in [0.717, 1.165) is 24.5 Å². The molecule has 2 rings (SSSR count). The first-order chi connectivity index (χ1) is 6.16. The third-order valence-corrected chi connectivity index (χ3v) is 2.30. The molecule has 0 amide bonds. The van der Waals surface area contributed by atoms with Crippen molar-refractivity contribution in [3.05, 3.63) is 11.6 Å². The molecule has 1 aromatic rings. The molecule has 0 aromatic carbocycles. The van der Waals surface area contributed by atoms with Gasteiger partial charge in [0.1, 0.15) is 18.2 Å². The number of aromatic nitrogens is 3. The summed E-state index contributed by atoms with van der Waals surface area (Å²) in [7, 11) is 0. The lowest BCUT2D eigenvalue weighted by Gasteiger charge is -1.99. The van der Waals surface area contributed by atoms with Crippen LogP contribution < -0.4 is 0 Å². The molecule has 4 heteroatoms. The Kier molecular flexibility index (Phi) is 1.90. The molecule has 13 heavy (non-hydrogen) atoms. The fourth-order valence-electron chi connectivity index (χ4n) is 1.39. The fourth-order valence-corrected chi connectivity index (χ4v) is 1.39. The van der Waals surface area contributed by atoms with Gasteiger partial charge in [0.25, 0.3) is 0 Å². The van der Waals surface area contributed by atoms with E-state index in [2.05, 4.69) is 10.1 Å². The van der Waals surface area contributed by atoms with Gasteiger partial charge in [-0.1, -0.05) is 0 Å². The van der Waals surface area contributed by atoms with Crippen LogP contribution in [0.2, 0.25) is 0 Å². The summed E-state index contributed by atoms with van der Waals surface area (Å²) in [5.41, 5.74) is 0. The Morgan fingerprint density at radius 1 is 1.54 bits per heavy atom. The van der Waals surface area contributed by atoms with Crippen LogP contribution in [0, 0.1) is 19.8 Å². The number of nitrogens with zero attached hydrogens (tertiary/aromatic N) is 3. The predicted octanol–water partition coefficient (Wildman–Crippen LogP) is 0.874. The van der Waals surface area contributed by atoms with Gasteiger partial charge in [-0.3, -0.25) is 4.79 Å². The first-order valence-corrected chi connectivity index (χ1v) is 4.57. The summed E-state index contributed by atoms with van der Waals surface area (Å²) in [5, 5.41) is 4.15. The minimum atomic E-state index is 0.299. The molecule has 0 saturated heterocycles. The number of ketones is 1. The quantitative estimate of drug-likeness (QED) is 0.691. The molecule has 0 atom stereocenters. The average molecular weight is 179 g/mol. The Bertz CT molecular complexity index is 339. The van der Waals surface area contributed by atoms with Crippen molar-refractivity contribution in [2.45, 2.75) is 33.2 Å². The topological polar surface area (TPSA) is 47.8 Å². The van der Waals surface area contributed by atoms with Crippen molar-refractivity contribution in [2.24, 2.45) is 5.92 Å². The van der Waals surface area contributed by atoms with Gasteiger partial charge in [0, 0.05) is 5.92 Å². The number of Topliss-reactive ketones (excluding diaryl/α,β-unsaturated/α-hetero) is 1. The van der Waals surface area contributed by atoms with Gasteiger partial charge < -0.3 is 0 Å². The van der Waals surface area contributed by atoms with Gasteiger partial charge in [-0.15, -0.1) is 0 Å². The van der Waals surface area contributed by atoms with Gasteiger partial charge in [-0.25, -0.2) is 9.67 Å². The normalized spacial score (nSPS) is 16.2. The van der Waals surface area contributed by atoms with E-state index in [1.54, 1.807) is 4.68 Å². The lowest BCUT2D eigenvalue weighted by Crippen LogP contribution is -2.14. The van der Waals surface area contributed by atoms with Crippen molar-refractivity contribution in [1.29, 1.82) is 0 Å². The highest BCUT2D eigenvalue weighted by Crippen LogP contribution is 2.30. The molecule has 70 valence electrons. The van der Waals surface area contributed by atoms with E-state index < -0.39 is 0 Å². The summed E-state index contributed by atoms with van der Waals surface area (Å²) in [4.78, 5) is 15.6. The van der Waals surface area contributed by atoms with Crippen LogP contribution in [0.1, 0.15) is 24.5 Å². The third kappa shape index (κ3) is 1.76. The summed E-state index contributed by atoms with van der Waals surface area (Å²) < 4.78 is 1.69. The molecule has 0 radical (unpaired) electrons. The van der Waals surface area contributed by atoms with Gasteiger partial charge in [0.15, 0.2) is 5.78 Å². The Balaban J connectivity index is 2.07. The monoisotopic (exact) mass is 179 g/mol. The Hall–Kier alpha value is -1.19. The number of hydrogen-bond acceptors (Lipinski definition) is 3. The molecular formula is C9H13N3O. The summed E-state index contributed by atoms with van der Waals surface area (Å²) >= 11 is 0. The van der Waals surface area contributed by atoms with E-state index in [4.69, 9.17) is 0 Å². The van der Waals surface area contributed by atoms with Crippen LogP contribution in [0.4, 0.5) is 0 Å². The summed E-state index contributed by atoms with van der Waals surface area (Å²) in [6, 6.07) is 0. The smallest absolute Gasteiger partial charge is 0.157 e. The van der Waals surface area contributed by atoms with Crippen molar-refractivity contribution in [2.75, 3.05) is 0 Å². The van der Waals surface area contributed by atoms with E-state index in [0.29, 0.717) is 18.2 Å². The molecular weight excluding hydrogens is 166 g/mol. The van der Waals surface area contributed by atoms with Crippen LogP contribution in [0.25, 0.3) is 0 Å². The van der Waals surface area contributed by atoms with E-state index >= 15 is 0 Å². The van der Waals surface area contributed by atoms with Crippen LogP contribution in [-0.4, -0.2) is 20.5 Å². The van der Waals surface area contributed by atoms with Crippen LogP contribution in [0.5, 0.6) is 0 Å². The Labute approximate surface area is 77.0 Å². The van der Waals surface area contributed by atoms with Crippen molar-refractivity contribution in [3.63, 3.8) is 0 Å². The number of carbonyl (C=O) groups excluding carboxylic acids is 1. The largest absolute Gasteiger partial charge is 0.297 e. The Morgan fingerprint density at radius 3 is 2.69 bits per heavy atom. The molecule has 1 aromatic heterocycles. The van der Waals surface area contributed by atoms with Gasteiger partial charge in [-0.2, -0.15) is 5.10 Å². The maximum atomic E-state index is 11.4. The lowest BCUT2D eigenvalue weighted by molar-refractivity contribution is -0.121. The van der Waals surface area contributed by atoms with Crippen molar-refractivity contribution in [3.8, 4) is 0 Å². The number of hydrogen-bond donors (Lipinski definition) is 0. The molecule has 0 N–H and O–H groups in total. The fraction of sp³-hybridized carbons (Fsp3) is 0.667. The molecule has 4 nitrogen and oxygen atoms in total. The number of aryl methyl sites for hydroxylation is 2. The summed E-state index contributed by atoms with van der Waals surface area (Å²) in [6.45, 7) is 4.11. The maximum absolute atomic E-state index is 11.4. The SMILES string of the molecule is Cc1nc(C)n(CC(=O)C2CC2)n1. The number of carbonyl (C=O) groups is 1. The van der Waals surface area contributed by atoms with E-state index in [1.165, 1.54) is 0 Å². The summed E-state index contributed by atoms with van der Waals surface area (Å²) in [5.74, 6) is 2.17. The van der Waals surface area contributed by atoms with Gasteiger partial charge in [0.05, 0.1) is 0 Å². The molecule has 1 aliphatic rings. The highest BCUT2D eigenvalue weighted by atomic mass is 16.1. The van der Waals surface area contributed by atoms with E-state index in [-0.39, 0.29) is 0 Å². The predicted molar refractivity (Wildman–Crippen MR) is 47.2 cm³/mol. The zero-order chi connectivity index (χ0) is 9.42. The van der Waals surface area contributed by atoms with Gasteiger partial charge >= 0.3 is 0 Å². The van der Waals surface area contributed by atoms with Gasteiger partial charge in [-0.05, 0) is 26.7 Å². The zero-order valence-corrected chi connectivity index (χ0v) is 7.95. The molecule has 0 unspecified atom stereocenters. The molecule has 0 aliphatic heterocycles. The second-order valence-corrected chi connectivity index (χ2v) is 3.60. The van der Waals surface area contributed by atoms with Crippen LogP contribution in [-0.2, 0) is 11.3 Å². The zero-order valence-electron chi connectivity index (χ0n) is 7.95. The standard InChI is InChI=1S/C9H13N3O/c1-6-10-7(2)12(11-6)5-9(13)8-3-4-8/h8H,3-5H2,1-2H3. The van der Waals surface area contributed by atoms with Crippen LogP contribution in [0.15, 0.2) is 0 Å². The van der Waals surface area contributed by atoms with Crippen LogP contribution >= 0.6 is 0 Å². The highest BCUT2D eigenvalue weighted by Gasteiger charge is 2.29. The minimum absolute atomic E-state index is 0.299. The average Bonchev–Trinajstić information content (AvgIpc) is 2.81. The first-order valence-electron chi connectivity index (χ1n) is 4.57. The minimum Gasteiger partial charge on any atom is -0.297 e. The molecule has 1 aliphatic carbocycles. The Morgan fingerprint density at radius 2 is 2.23 bits per heavy atom. The highest BCUT2D eigenvalue weighted by molar-refractivity contribution is 5.82. The van der Waals surface area contributed by atoms with Crippen molar-refractivity contribution in [1.82, 2.24) is 14.8 Å². The maximum Gasteiger partial charge on any atom is 0.157 e. The van der Waals surface area contributed by atoms with Crippen molar-refractivity contribution >= 4 is 5.78 Å². The first kappa shape index (κ1) is 8.41. The van der Waals surface area contributed by atoms with Crippen molar-refractivity contribution < 1.29 is 4.79 Å². The molecule has 1 saturated carbocycles. The number of rotatable bonds is 3. The molecule has 1 heterocycles. The molecule has 0 bridgehead atoms. The van der Waals surface area contributed by atoms with E-state index in [1.807, 2.05) is 13.8 Å². The van der Waals surface area contributed by atoms with Gasteiger partial charge in [0.2, 0.25) is 0 Å². The van der Waals surface area contributed by atoms with E-state index in [9.17, 15) is 4.79 Å².